The molecular formula is C11H20NO5P. The molecule has 104 valence electrons. The summed E-state index contributed by atoms with van der Waals surface area (Å²) in [5.74, 6) is 0.618. The summed E-state index contributed by atoms with van der Waals surface area (Å²) in [5.41, 5.74) is 0. The van der Waals surface area contributed by atoms with Gasteiger partial charge in [0.2, 0.25) is 12.3 Å². The van der Waals surface area contributed by atoms with Gasteiger partial charge in [-0.15, -0.1) is 0 Å². The van der Waals surface area contributed by atoms with Gasteiger partial charge in [0.15, 0.2) is 0 Å². The van der Waals surface area contributed by atoms with E-state index in [9.17, 15) is 14.5 Å². The predicted octanol–water partition coefficient (Wildman–Crippen LogP) is -0.00230. The molecule has 1 N–H and O–H groups in total. The third kappa shape index (κ3) is 8.17. The Morgan fingerprint density at radius 1 is 1.39 bits per heavy atom. The van der Waals surface area contributed by atoms with E-state index in [2.05, 4.69) is 5.32 Å². The number of nitrogens with one attached hydrogen (secondary N) is 1. The lowest BCUT2D eigenvalue weighted by atomic mass is 10.2. The van der Waals surface area contributed by atoms with E-state index in [0.717, 1.165) is 0 Å². The van der Waals surface area contributed by atoms with Crippen LogP contribution >= 0.6 is 7.77 Å². The van der Waals surface area contributed by atoms with Crippen LogP contribution in [-0.4, -0.2) is 43.3 Å². The van der Waals surface area contributed by atoms with E-state index in [0.29, 0.717) is 6.61 Å². The number of carbonyl (C=O) groups is 2. The zero-order valence-corrected chi connectivity index (χ0v) is 11.9. The lowest BCUT2D eigenvalue weighted by Crippen LogP contribution is -2.41. The molecule has 2 atom stereocenters. The first kappa shape index (κ1) is 17.0. The Labute approximate surface area is 108 Å². The van der Waals surface area contributed by atoms with Crippen molar-refractivity contribution in [2.24, 2.45) is 0 Å². The normalized spacial score (nSPS) is 13.0. The lowest BCUT2D eigenvalue weighted by molar-refractivity contribution is -0.156. The van der Waals surface area contributed by atoms with Crippen LogP contribution in [0.3, 0.4) is 0 Å². The van der Waals surface area contributed by atoms with Crippen molar-refractivity contribution >= 4 is 25.4 Å². The Balaban J connectivity index is 4.39. The molecule has 0 aromatic heterocycles. The number of hydrogen-bond donors (Lipinski definition) is 1. The molecule has 1 amide bonds. The Bertz CT molecular complexity index is 306. The molecule has 0 aliphatic carbocycles. The molecule has 7 heteroatoms. The van der Waals surface area contributed by atoms with Crippen molar-refractivity contribution in [1.29, 1.82) is 0 Å². The average molecular weight is 277 g/mol. The molecule has 0 saturated carbocycles. The van der Waals surface area contributed by atoms with Gasteiger partial charge >= 0.3 is 5.97 Å². The van der Waals surface area contributed by atoms with Crippen LogP contribution in [0.25, 0.3) is 0 Å². The summed E-state index contributed by atoms with van der Waals surface area (Å²) in [5, 5.41) is 2.46. The van der Waals surface area contributed by atoms with Gasteiger partial charge in [0.1, 0.15) is 6.04 Å². The number of hydrogen-bond acceptors (Lipinski definition) is 5. The number of rotatable bonds is 8. The van der Waals surface area contributed by atoms with Gasteiger partial charge < -0.3 is 19.7 Å². The van der Waals surface area contributed by atoms with E-state index in [4.69, 9.17) is 9.47 Å². The molecule has 0 heterocycles. The van der Waals surface area contributed by atoms with E-state index >= 15 is 0 Å². The summed E-state index contributed by atoms with van der Waals surface area (Å²) < 4.78 is 9.82. The van der Waals surface area contributed by atoms with E-state index < -0.39 is 19.8 Å². The maximum absolute atomic E-state index is 11.5. The second-order valence-electron chi connectivity index (χ2n) is 3.46. The topological polar surface area (TPSA) is 87.7 Å². The molecule has 0 saturated heterocycles. The molecule has 0 aromatic rings. The number of amides is 1. The van der Waals surface area contributed by atoms with Gasteiger partial charge in [-0.3, -0.25) is 4.79 Å². The monoisotopic (exact) mass is 277 g/mol. The summed E-state index contributed by atoms with van der Waals surface area (Å²) in [6, 6.07) is -0.789. The summed E-state index contributed by atoms with van der Waals surface area (Å²) in [6.45, 7) is 5.53. The zero-order valence-electron chi connectivity index (χ0n) is 11.0. The highest BCUT2D eigenvalue weighted by atomic mass is 31.1. The molecule has 0 rings (SSSR count). The van der Waals surface area contributed by atoms with Crippen LogP contribution < -0.4 is 10.2 Å². The highest BCUT2D eigenvalue weighted by molar-refractivity contribution is 7.49. The number of ether oxygens (including phenoxy) is 2. The first-order valence-corrected chi connectivity index (χ1v) is 7.31. The van der Waals surface area contributed by atoms with Gasteiger partial charge in [-0.05, 0) is 13.8 Å². The maximum Gasteiger partial charge on any atom is 0.329 e. The lowest BCUT2D eigenvalue weighted by Gasteiger charge is -2.13. The number of esters is 1. The minimum atomic E-state index is -1.63. The van der Waals surface area contributed by atoms with Gasteiger partial charge in [-0.25, -0.2) is 4.79 Å². The van der Waals surface area contributed by atoms with Crippen molar-refractivity contribution in [2.75, 3.05) is 19.6 Å². The van der Waals surface area contributed by atoms with Crippen LogP contribution in [0.1, 0.15) is 27.2 Å². The molecule has 2 unspecified atom stereocenters. The molecule has 0 bridgehead atoms. The predicted molar refractivity (Wildman–Crippen MR) is 68.3 cm³/mol. The smallest absolute Gasteiger partial charge is 0.329 e. The standard InChI is InChI=1S/C11H20NO5P/c1-4-16-8-18(15)7-6-10(12-9(3)13)11(14)17-5-2/h7,10H,4-6,8H2,1-3H3,(H,12,13). The molecular weight excluding hydrogens is 257 g/mol. The summed E-state index contributed by atoms with van der Waals surface area (Å²) in [6.07, 6.45) is 0.294. The molecule has 0 aliphatic heterocycles. The van der Waals surface area contributed by atoms with E-state index in [1.807, 2.05) is 6.92 Å². The van der Waals surface area contributed by atoms with Crippen molar-refractivity contribution in [3.05, 3.63) is 0 Å². The van der Waals surface area contributed by atoms with Crippen molar-refractivity contribution in [2.45, 2.75) is 33.2 Å². The van der Waals surface area contributed by atoms with E-state index in [1.54, 1.807) is 6.92 Å². The fourth-order valence-electron chi connectivity index (χ4n) is 1.16. The highest BCUT2D eigenvalue weighted by Gasteiger charge is 2.20. The van der Waals surface area contributed by atoms with Gasteiger partial charge in [-0.1, -0.05) is 0 Å². The largest absolute Gasteiger partial charge is 0.629 e. The molecule has 0 fully saturated rings. The van der Waals surface area contributed by atoms with E-state index in [-0.39, 0.29) is 25.3 Å². The molecule has 6 nitrogen and oxygen atoms in total. The van der Waals surface area contributed by atoms with Crippen molar-refractivity contribution in [1.82, 2.24) is 5.32 Å². The van der Waals surface area contributed by atoms with Crippen LogP contribution in [0.15, 0.2) is 0 Å². The van der Waals surface area contributed by atoms with Gasteiger partial charge in [0, 0.05) is 20.0 Å². The van der Waals surface area contributed by atoms with Crippen LogP contribution in [0.4, 0.5) is 0 Å². The fourth-order valence-corrected chi connectivity index (χ4v) is 2.07. The maximum atomic E-state index is 11.5. The molecule has 0 spiro atoms. The summed E-state index contributed by atoms with van der Waals surface area (Å²) in [4.78, 5) is 33.9. The Morgan fingerprint density at radius 3 is 2.56 bits per heavy atom. The molecule has 0 aromatic carbocycles. The second-order valence-corrected chi connectivity index (χ2v) is 4.92. The minimum Gasteiger partial charge on any atom is -0.629 e. The highest BCUT2D eigenvalue weighted by Crippen LogP contribution is 2.11. The summed E-state index contributed by atoms with van der Waals surface area (Å²) >= 11 is 0. The van der Waals surface area contributed by atoms with Crippen molar-refractivity contribution < 1.29 is 24.0 Å². The number of carbonyl (C=O) groups excluding carboxylic acids is 2. The molecule has 0 aliphatic rings. The first-order valence-electron chi connectivity index (χ1n) is 5.79. The third-order valence-electron chi connectivity index (χ3n) is 1.92. The van der Waals surface area contributed by atoms with Crippen LogP contribution in [0.5, 0.6) is 0 Å². The SMILES string of the molecule is CCOC[P+]([O-])=CCC(NC(C)=O)C(=O)OCC. The Kier molecular flexibility index (Phi) is 9.46. The third-order valence-corrected chi connectivity index (χ3v) is 2.97. The first-order chi connectivity index (χ1) is 8.51. The second kappa shape index (κ2) is 10.00. The van der Waals surface area contributed by atoms with Crippen molar-refractivity contribution in [3.8, 4) is 0 Å². The van der Waals surface area contributed by atoms with Crippen LogP contribution in [-0.2, 0) is 19.1 Å². The van der Waals surface area contributed by atoms with Gasteiger partial charge in [-0.2, -0.15) is 0 Å². The van der Waals surface area contributed by atoms with Gasteiger partial charge in [0.25, 0.3) is 0 Å². The van der Waals surface area contributed by atoms with E-state index in [1.165, 1.54) is 12.7 Å². The van der Waals surface area contributed by atoms with Crippen LogP contribution in [0, 0.1) is 0 Å². The fraction of sp³-hybridized carbons (Fsp3) is 0.727. The minimum absolute atomic E-state index is 0.126. The van der Waals surface area contributed by atoms with Crippen LogP contribution in [0.2, 0.25) is 0 Å². The Morgan fingerprint density at radius 2 is 2.06 bits per heavy atom. The average Bonchev–Trinajstić information content (AvgIpc) is 2.31. The van der Waals surface area contributed by atoms with Crippen molar-refractivity contribution in [3.63, 3.8) is 0 Å². The summed E-state index contributed by atoms with van der Waals surface area (Å²) in [7, 11) is -1.63. The van der Waals surface area contributed by atoms with Gasteiger partial charge in [0.05, 0.1) is 20.2 Å². The molecule has 18 heavy (non-hydrogen) atoms. The molecule has 0 radical (unpaired) electrons. The Hall–Kier alpha value is -0.970. The zero-order chi connectivity index (χ0) is 14.0. The quantitative estimate of drug-likeness (QED) is 0.498.